The smallest absolute Gasteiger partial charge is 0.305 e. The van der Waals surface area contributed by atoms with Gasteiger partial charge in [0, 0.05) is 43.3 Å². The molecule has 0 radical (unpaired) electrons. The van der Waals surface area contributed by atoms with E-state index in [9.17, 15) is 14.4 Å². The zero-order chi connectivity index (χ0) is 27.6. The normalized spacial score (nSPS) is 15.9. The second kappa shape index (κ2) is 15.3. The molecule has 2 aliphatic rings. The summed E-state index contributed by atoms with van der Waals surface area (Å²) in [5, 5.41) is 3.25. The molecule has 2 aromatic heterocycles. The van der Waals surface area contributed by atoms with Crippen molar-refractivity contribution in [2.45, 2.75) is 38.5 Å². The quantitative estimate of drug-likeness (QED) is 0.425. The first-order valence-electron chi connectivity index (χ1n) is 13.5. The largest absolute Gasteiger partial charge is 0.469 e. The number of carbonyl (C=O) groups excluding carboxylic acids is 3. The van der Waals surface area contributed by atoms with Crippen LogP contribution in [-0.2, 0) is 19.1 Å². The van der Waals surface area contributed by atoms with Crippen molar-refractivity contribution >= 4 is 41.3 Å². The SMILES string of the molecule is COC(=O)CC1CCN(C(=O)c2ccc(-c3nc4ccncc4[nH]3)cc2)CC1.COC(=O)CC1CCNCC1.Cl. The minimum atomic E-state index is -0.179. The number of aromatic nitrogens is 3. The van der Waals surface area contributed by atoms with Gasteiger partial charge in [-0.05, 0) is 68.8 Å². The van der Waals surface area contributed by atoms with Crippen molar-refractivity contribution in [3.05, 3.63) is 48.3 Å². The Morgan fingerprint density at radius 3 is 2.08 bits per heavy atom. The van der Waals surface area contributed by atoms with Gasteiger partial charge in [0.05, 0.1) is 31.4 Å². The van der Waals surface area contributed by atoms with E-state index in [4.69, 9.17) is 4.74 Å². The zero-order valence-corrected chi connectivity index (χ0v) is 23.9. The first-order chi connectivity index (χ1) is 19.0. The van der Waals surface area contributed by atoms with Crippen molar-refractivity contribution in [2.75, 3.05) is 40.4 Å². The molecular formula is C29H38ClN5O5. The molecule has 10 nitrogen and oxygen atoms in total. The number of esters is 2. The number of aromatic amines is 1. The van der Waals surface area contributed by atoms with E-state index in [0.29, 0.717) is 43.3 Å². The fraction of sp³-hybridized carbons (Fsp3) is 0.483. The van der Waals surface area contributed by atoms with E-state index in [1.165, 1.54) is 14.2 Å². The molecule has 4 heterocycles. The number of rotatable bonds is 6. The summed E-state index contributed by atoms with van der Waals surface area (Å²) >= 11 is 0. The van der Waals surface area contributed by atoms with Gasteiger partial charge in [0.25, 0.3) is 5.91 Å². The summed E-state index contributed by atoms with van der Waals surface area (Å²) in [6.07, 6.45) is 8.34. The second-order valence-electron chi connectivity index (χ2n) is 10.0. The Labute approximate surface area is 240 Å². The molecule has 0 saturated carbocycles. The minimum Gasteiger partial charge on any atom is -0.469 e. The fourth-order valence-corrected chi connectivity index (χ4v) is 5.01. The number of halogens is 1. The van der Waals surface area contributed by atoms with Crippen molar-refractivity contribution in [3.8, 4) is 11.4 Å². The minimum absolute atomic E-state index is 0. The van der Waals surface area contributed by atoms with Gasteiger partial charge in [-0.2, -0.15) is 0 Å². The Morgan fingerprint density at radius 2 is 1.50 bits per heavy atom. The van der Waals surface area contributed by atoms with E-state index >= 15 is 0 Å². The Morgan fingerprint density at radius 1 is 0.900 bits per heavy atom. The number of carbonyl (C=O) groups is 3. The number of hydrogen-bond donors (Lipinski definition) is 2. The third-order valence-corrected chi connectivity index (χ3v) is 7.42. The highest BCUT2D eigenvalue weighted by molar-refractivity contribution is 5.94. The van der Waals surface area contributed by atoms with Gasteiger partial charge in [-0.15, -0.1) is 12.4 Å². The van der Waals surface area contributed by atoms with E-state index in [1.54, 1.807) is 12.4 Å². The molecule has 0 spiro atoms. The molecule has 1 amide bonds. The molecule has 0 unspecified atom stereocenters. The number of hydrogen-bond acceptors (Lipinski definition) is 8. The lowest BCUT2D eigenvalue weighted by Gasteiger charge is -2.31. The molecule has 0 bridgehead atoms. The molecular weight excluding hydrogens is 534 g/mol. The molecule has 0 atom stereocenters. The van der Waals surface area contributed by atoms with Crippen LogP contribution in [0.15, 0.2) is 42.7 Å². The first kappa shape index (κ1) is 31.0. The van der Waals surface area contributed by atoms with Crippen LogP contribution in [0.25, 0.3) is 22.4 Å². The average Bonchev–Trinajstić information content (AvgIpc) is 3.42. The Bertz CT molecular complexity index is 1220. The number of benzene rings is 1. The van der Waals surface area contributed by atoms with E-state index in [2.05, 4.69) is 25.0 Å². The second-order valence-corrected chi connectivity index (χ2v) is 10.0. The number of fused-ring (bicyclic) bond motifs is 1. The van der Waals surface area contributed by atoms with Crippen molar-refractivity contribution in [1.29, 1.82) is 0 Å². The molecule has 2 fully saturated rings. The maximum Gasteiger partial charge on any atom is 0.305 e. The molecule has 2 aliphatic heterocycles. The van der Waals surface area contributed by atoms with E-state index in [-0.39, 0.29) is 30.3 Å². The summed E-state index contributed by atoms with van der Waals surface area (Å²) in [4.78, 5) is 48.8. The maximum absolute atomic E-state index is 12.8. The van der Waals surface area contributed by atoms with E-state index in [1.807, 2.05) is 35.2 Å². The average molecular weight is 572 g/mol. The number of ether oxygens (including phenoxy) is 2. The van der Waals surface area contributed by atoms with Gasteiger partial charge in [-0.25, -0.2) is 4.98 Å². The first-order valence-corrected chi connectivity index (χ1v) is 13.5. The van der Waals surface area contributed by atoms with Crippen LogP contribution in [0.2, 0.25) is 0 Å². The van der Waals surface area contributed by atoms with Gasteiger partial charge in [-0.3, -0.25) is 19.4 Å². The van der Waals surface area contributed by atoms with Crippen molar-refractivity contribution in [1.82, 2.24) is 25.2 Å². The van der Waals surface area contributed by atoms with Gasteiger partial charge in [-0.1, -0.05) is 12.1 Å². The van der Waals surface area contributed by atoms with Gasteiger partial charge < -0.3 is 24.7 Å². The summed E-state index contributed by atoms with van der Waals surface area (Å²) < 4.78 is 9.33. The molecule has 5 rings (SSSR count). The predicted molar refractivity (Wildman–Crippen MR) is 154 cm³/mol. The summed E-state index contributed by atoms with van der Waals surface area (Å²) in [6, 6.07) is 9.34. The molecule has 1 aromatic carbocycles. The highest BCUT2D eigenvalue weighted by Crippen LogP contribution is 2.24. The van der Waals surface area contributed by atoms with Gasteiger partial charge in [0.15, 0.2) is 0 Å². The summed E-state index contributed by atoms with van der Waals surface area (Å²) in [5.74, 6) is 1.37. The molecule has 11 heteroatoms. The van der Waals surface area contributed by atoms with Crippen LogP contribution in [0, 0.1) is 11.8 Å². The van der Waals surface area contributed by atoms with Crippen LogP contribution in [0.5, 0.6) is 0 Å². The zero-order valence-electron chi connectivity index (χ0n) is 23.1. The lowest BCUT2D eigenvalue weighted by molar-refractivity contribution is -0.142. The molecule has 0 aliphatic carbocycles. The topological polar surface area (TPSA) is 127 Å². The lowest BCUT2D eigenvalue weighted by Crippen LogP contribution is -2.38. The number of imidazole rings is 1. The number of piperidine rings is 2. The standard InChI is InChI=1S/C21H22N4O3.C8H15NO2.ClH/c1-28-19(26)12-14-7-10-25(11-8-14)21(27)16-4-2-15(3-5-16)20-23-17-6-9-22-13-18(17)24-20;1-11-8(10)6-7-2-4-9-5-3-7;/h2-6,9,13-14H,7-8,10-12H2,1H3,(H,23,24);7,9H,2-6H2,1H3;1H. The maximum atomic E-state index is 12.8. The van der Waals surface area contributed by atoms with Crippen LogP contribution in [0.1, 0.15) is 48.9 Å². The highest BCUT2D eigenvalue weighted by Gasteiger charge is 2.25. The van der Waals surface area contributed by atoms with Gasteiger partial charge >= 0.3 is 11.9 Å². The monoisotopic (exact) mass is 571 g/mol. The Balaban J connectivity index is 0.000000311. The van der Waals surface area contributed by atoms with E-state index in [0.717, 1.165) is 61.2 Å². The van der Waals surface area contributed by atoms with Gasteiger partial charge in [0.2, 0.25) is 0 Å². The molecule has 40 heavy (non-hydrogen) atoms. The number of nitrogens with one attached hydrogen (secondary N) is 2. The summed E-state index contributed by atoms with van der Waals surface area (Å²) in [7, 11) is 2.86. The van der Waals surface area contributed by atoms with Crippen LogP contribution < -0.4 is 5.32 Å². The van der Waals surface area contributed by atoms with Crippen molar-refractivity contribution in [3.63, 3.8) is 0 Å². The third kappa shape index (κ3) is 8.50. The number of amides is 1. The summed E-state index contributed by atoms with van der Waals surface area (Å²) in [5.41, 5.74) is 3.32. The molecule has 216 valence electrons. The highest BCUT2D eigenvalue weighted by atomic mass is 35.5. The Hall–Kier alpha value is -3.50. The van der Waals surface area contributed by atoms with Crippen LogP contribution in [0.3, 0.4) is 0 Å². The van der Waals surface area contributed by atoms with Crippen LogP contribution in [-0.4, -0.2) is 78.1 Å². The van der Waals surface area contributed by atoms with Crippen molar-refractivity contribution in [2.24, 2.45) is 11.8 Å². The lowest BCUT2D eigenvalue weighted by atomic mass is 9.93. The van der Waals surface area contributed by atoms with Crippen molar-refractivity contribution < 1.29 is 23.9 Å². The van der Waals surface area contributed by atoms with E-state index < -0.39 is 0 Å². The number of methoxy groups -OCH3 is 2. The molecule has 2 N–H and O–H groups in total. The predicted octanol–water partition coefficient (Wildman–Crippen LogP) is 4.01. The summed E-state index contributed by atoms with van der Waals surface area (Å²) in [6.45, 7) is 3.42. The number of likely N-dealkylation sites (tertiary alicyclic amines) is 1. The number of H-pyrrole nitrogens is 1. The van der Waals surface area contributed by atoms with Crippen LogP contribution in [0.4, 0.5) is 0 Å². The molecule has 3 aromatic rings. The number of nitrogens with zero attached hydrogens (tertiary/aromatic N) is 3. The van der Waals surface area contributed by atoms with Gasteiger partial charge in [0.1, 0.15) is 5.82 Å². The number of pyridine rings is 1. The third-order valence-electron chi connectivity index (χ3n) is 7.42. The fourth-order valence-electron chi connectivity index (χ4n) is 5.01. The van der Waals surface area contributed by atoms with Crippen LogP contribution >= 0.6 is 12.4 Å². The molecule has 2 saturated heterocycles. The Kier molecular flexibility index (Phi) is 11.9.